The summed E-state index contributed by atoms with van der Waals surface area (Å²) in [6, 6.07) is 15.3. The van der Waals surface area contributed by atoms with Crippen molar-refractivity contribution < 1.29 is 14.0 Å². The summed E-state index contributed by atoms with van der Waals surface area (Å²) in [6.45, 7) is 1.91. The van der Waals surface area contributed by atoms with Gasteiger partial charge in [-0.3, -0.25) is 9.59 Å². The van der Waals surface area contributed by atoms with E-state index in [2.05, 4.69) is 10.6 Å². The molecule has 3 rings (SSSR count). The molecule has 0 aliphatic rings. The highest BCUT2D eigenvalue weighted by atomic mass is 35.5. The number of hydrogen-bond donors (Lipinski definition) is 2. The van der Waals surface area contributed by atoms with Crippen LogP contribution in [0.15, 0.2) is 65.3 Å². The van der Waals surface area contributed by atoms with Gasteiger partial charge < -0.3 is 15.1 Å². The Balaban J connectivity index is 1.80. The Morgan fingerprint density at radius 2 is 1.68 bits per heavy atom. The normalized spacial score (nSPS) is 10.3. The molecule has 3 aromatic rings. The number of para-hydroxylation sites is 1. The summed E-state index contributed by atoms with van der Waals surface area (Å²) in [6.07, 6.45) is 1.41. The standard InChI is InChI=1S/C19H15ClN2O3/c1-12-5-2-3-6-15(12)21-18(23)13-8-9-14(20)16(11-13)22-19(24)17-7-4-10-25-17/h2-11H,1H3,(H,21,23)(H,22,24). The van der Waals surface area contributed by atoms with Crippen LogP contribution in [0.4, 0.5) is 11.4 Å². The smallest absolute Gasteiger partial charge is 0.291 e. The molecule has 126 valence electrons. The largest absolute Gasteiger partial charge is 0.459 e. The van der Waals surface area contributed by atoms with E-state index in [1.54, 1.807) is 18.2 Å². The fourth-order valence-corrected chi connectivity index (χ4v) is 2.43. The fourth-order valence-electron chi connectivity index (χ4n) is 2.26. The Morgan fingerprint density at radius 3 is 2.40 bits per heavy atom. The van der Waals surface area contributed by atoms with Gasteiger partial charge >= 0.3 is 0 Å². The van der Waals surface area contributed by atoms with Crippen LogP contribution in [-0.2, 0) is 0 Å². The van der Waals surface area contributed by atoms with E-state index in [-0.39, 0.29) is 11.7 Å². The molecule has 0 spiro atoms. The minimum atomic E-state index is -0.441. The van der Waals surface area contributed by atoms with Gasteiger partial charge in [0.25, 0.3) is 11.8 Å². The molecule has 2 amide bonds. The van der Waals surface area contributed by atoms with Crippen molar-refractivity contribution >= 4 is 34.8 Å². The van der Waals surface area contributed by atoms with Crippen LogP contribution in [0.5, 0.6) is 0 Å². The predicted molar refractivity (Wildman–Crippen MR) is 97.2 cm³/mol. The Bertz CT molecular complexity index is 920. The summed E-state index contributed by atoms with van der Waals surface area (Å²) in [5, 5.41) is 5.81. The molecule has 0 saturated heterocycles. The first kappa shape index (κ1) is 16.8. The van der Waals surface area contributed by atoms with E-state index >= 15 is 0 Å². The third-order valence-corrected chi connectivity index (χ3v) is 3.94. The van der Waals surface area contributed by atoms with Gasteiger partial charge in [0.05, 0.1) is 17.0 Å². The number of hydrogen-bond acceptors (Lipinski definition) is 3. The molecular weight excluding hydrogens is 340 g/mol. The number of aryl methyl sites for hydroxylation is 1. The molecule has 0 aliphatic carbocycles. The minimum absolute atomic E-state index is 0.158. The van der Waals surface area contributed by atoms with E-state index in [0.29, 0.717) is 16.3 Å². The van der Waals surface area contributed by atoms with E-state index in [9.17, 15) is 9.59 Å². The lowest BCUT2D eigenvalue weighted by Gasteiger charge is -2.11. The molecule has 0 atom stereocenters. The van der Waals surface area contributed by atoms with Gasteiger partial charge in [-0.25, -0.2) is 0 Å². The summed E-state index contributed by atoms with van der Waals surface area (Å²) in [4.78, 5) is 24.5. The van der Waals surface area contributed by atoms with Gasteiger partial charge in [0.2, 0.25) is 0 Å². The quantitative estimate of drug-likeness (QED) is 0.710. The Hall–Kier alpha value is -3.05. The summed E-state index contributed by atoms with van der Waals surface area (Å²) in [5.74, 6) is -0.575. The van der Waals surface area contributed by atoms with Crippen LogP contribution in [0, 0.1) is 6.92 Å². The minimum Gasteiger partial charge on any atom is -0.459 e. The summed E-state index contributed by atoms with van der Waals surface area (Å²) in [5.41, 5.74) is 2.39. The third-order valence-electron chi connectivity index (χ3n) is 3.61. The zero-order valence-electron chi connectivity index (χ0n) is 13.4. The molecule has 1 heterocycles. The van der Waals surface area contributed by atoms with Gasteiger partial charge in [0.1, 0.15) is 0 Å². The Labute approximate surface area is 149 Å². The van der Waals surface area contributed by atoms with Crippen LogP contribution in [0.2, 0.25) is 5.02 Å². The molecule has 5 nitrogen and oxygen atoms in total. The van der Waals surface area contributed by atoms with Gasteiger partial charge in [-0.2, -0.15) is 0 Å². The molecule has 25 heavy (non-hydrogen) atoms. The topological polar surface area (TPSA) is 71.3 Å². The lowest BCUT2D eigenvalue weighted by Crippen LogP contribution is -2.15. The first-order valence-corrected chi connectivity index (χ1v) is 7.94. The predicted octanol–water partition coefficient (Wildman–Crippen LogP) is 4.75. The number of amides is 2. The fraction of sp³-hybridized carbons (Fsp3) is 0.0526. The van der Waals surface area contributed by atoms with Crippen LogP contribution in [0.25, 0.3) is 0 Å². The summed E-state index contributed by atoms with van der Waals surface area (Å²) < 4.78 is 5.04. The van der Waals surface area contributed by atoms with Crippen LogP contribution in [0.3, 0.4) is 0 Å². The molecule has 0 saturated carbocycles. The van der Waals surface area contributed by atoms with E-state index < -0.39 is 5.91 Å². The number of benzene rings is 2. The van der Waals surface area contributed by atoms with Gasteiger partial charge in [0.15, 0.2) is 5.76 Å². The highest BCUT2D eigenvalue weighted by Crippen LogP contribution is 2.25. The number of carbonyl (C=O) groups is 2. The molecule has 2 N–H and O–H groups in total. The molecular formula is C19H15ClN2O3. The zero-order chi connectivity index (χ0) is 17.8. The van der Waals surface area contributed by atoms with Gasteiger partial charge in [-0.05, 0) is 48.9 Å². The second kappa shape index (κ2) is 7.23. The molecule has 0 bridgehead atoms. The second-order valence-electron chi connectivity index (χ2n) is 5.40. The van der Waals surface area contributed by atoms with Gasteiger partial charge in [0, 0.05) is 11.3 Å². The van der Waals surface area contributed by atoms with E-state index in [4.69, 9.17) is 16.0 Å². The van der Waals surface area contributed by atoms with Crippen molar-refractivity contribution in [3.05, 3.63) is 82.8 Å². The molecule has 2 aromatic carbocycles. The van der Waals surface area contributed by atoms with Gasteiger partial charge in [-0.1, -0.05) is 29.8 Å². The molecule has 0 aliphatic heterocycles. The van der Waals surface area contributed by atoms with Crippen LogP contribution < -0.4 is 10.6 Å². The van der Waals surface area contributed by atoms with Gasteiger partial charge in [-0.15, -0.1) is 0 Å². The Morgan fingerprint density at radius 1 is 0.920 bits per heavy atom. The van der Waals surface area contributed by atoms with Crippen LogP contribution >= 0.6 is 11.6 Å². The lowest BCUT2D eigenvalue weighted by molar-refractivity contribution is 0.0993. The third kappa shape index (κ3) is 3.89. The number of carbonyl (C=O) groups excluding carboxylic acids is 2. The van der Waals surface area contributed by atoms with E-state index in [0.717, 1.165) is 11.3 Å². The first-order chi connectivity index (χ1) is 12.0. The van der Waals surface area contributed by atoms with Crippen molar-refractivity contribution in [2.24, 2.45) is 0 Å². The lowest BCUT2D eigenvalue weighted by atomic mass is 10.1. The van der Waals surface area contributed by atoms with Crippen LogP contribution in [-0.4, -0.2) is 11.8 Å². The number of furan rings is 1. The number of halogens is 1. The van der Waals surface area contributed by atoms with E-state index in [1.165, 1.54) is 18.4 Å². The summed E-state index contributed by atoms with van der Waals surface area (Å²) >= 11 is 6.11. The number of anilines is 2. The average molecular weight is 355 g/mol. The van der Waals surface area contributed by atoms with Crippen molar-refractivity contribution in [3.8, 4) is 0 Å². The Kier molecular flexibility index (Phi) is 4.86. The molecule has 0 radical (unpaired) electrons. The SMILES string of the molecule is Cc1ccccc1NC(=O)c1ccc(Cl)c(NC(=O)c2ccco2)c1. The number of nitrogens with one attached hydrogen (secondary N) is 2. The second-order valence-corrected chi connectivity index (χ2v) is 5.80. The first-order valence-electron chi connectivity index (χ1n) is 7.56. The highest BCUT2D eigenvalue weighted by molar-refractivity contribution is 6.34. The maximum Gasteiger partial charge on any atom is 0.291 e. The van der Waals surface area contributed by atoms with Crippen molar-refractivity contribution in [2.75, 3.05) is 10.6 Å². The maximum atomic E-state index is 12.5. The van der Waals surface area contributed by atoms with Crippen LogP contribution in [0.1, 0.15) is 26.5 Å². The molecule has 0 fully saturated rings. The maximum absolute atomic E-state index is 12.5. The zero-order valence-corrected chi connectivity index (χ0v) is 14.1. The molecule has 6 heteroatoms. The number of rotatable bonds is 4. The average Bonchev–Trinajstić information content (AvgIpc) is 3.13. The molecule has 1 aromatic heterocycles. The highest BCUT2D eigenvalue weighted by Gasteiger charge is 2.14. The summed E-state index contributed by atoms with van der Waals surface area (Å²) in [7, 11) is 0. The monoisotopic (exact) mass is 354 g/mol. The van der Waals surface area contributed by atoms with Crippen molar-refractivity contribution in [1.82, 2.24) is 0 Å². The van der Waals surface area contributed by atoms with Crippen molar-refractivity contribution in [3.63, 3.8) is 0 Å². The van der Waals surface area contributed by atoms with Crippen molar-refractivity contribution in [1.29, 1.82) is 0 Å². The van der Waals surface area contributed by atoms with E-state index in [1.807, 2.05) is 31.2 Å². The van der Waals surface area contributed by atoms with Crippen molar-refractivity contribution in [2.45, 2.75) is 6.92 Å². The molecule has 0 unspecified atom stereocenters.